The van der Waals surface area contributed by atoms with E-state index in [-0.39, 0.29) is 5.28 Å². The van der Waals surface area contributed by atoms with E-state index >= 15 is 0 Å². The van der Waals surface area contributed by atoms with Gasteiger partial charge in [-0.15, -0.1) is 5.10 Å². The highest BCUT2D eigenvalue weighted by Gasteiger charge is 2.02. The normalized spacial score (nSPS) is 10.7. The summed E-state index contributed by atoms with van der Waals surface area (Å²) < 4.78 is 1.41. The third-order valence-electron chi connectivity index (χ3n) is 1.18. The van der Waals surface area contributed by atoms with Crippen LogP contribution in [0.1, 0.15) is 0 Å². The lowest BCUT2D eigenvalue weighted by Gasteiger charge is -1.90. The SMILES string of the molecule is Clc1nc2cncc(Cl)n2n1. The van der Waals surface area contributed by atoms with Crippen LogP contribution in [0.15, 0.2) is 12.4 Å². The van der Waals surface area contributed by atoms with E-state index in [1.165, 1.54) is 16.9 Å². The molecule has 2 rings (SSSR count). The molecule has 0 N–H and O–H groups in total. The molecule has 0 spiro atoms. The van der Waals surface area contributed by atoms with Crippen LogP contribution in [0.5, 0.6) is 0 Å². The number of fused-ring (bicyclic) bond motifs is 1. The molecule has 0 fully saturated rings. The van der Waals surface area contributed by atoms with Crippen molar-refractivity contribution in [1.82, 2.24) is 19.6 Å². The first-order valence-electron chi connectivity index (χ1n) is 2.79. The van der Waals surface area contributed by atoms with E-state index in [1.54, 1.807) is 0 Å². The first-order valence-corrected chi connectivity index (χ1v) is 3.55. The average Bonchev–Trinajstić information content (AvgIpc) is 2.31. The van der Waals surface area contributed by atoms with Crippen molar-refractivity contribution in [2.24, 2.45) is 0 Å². The van der Waals surface area contributed by atoms with Gasteiger partial charge in [0.25, 0.3) is 0 Å². The second-order valence-corrected chi connectivity index (χ2v) is 2.61. The van der Waals surface area contributed by atoms with Crippen LogP contribution < -0.4 is 0 Å². The molecule has 0 unspecified atom stereocenters. The van der Waals surface area contributed by atoms with Gasteiger partial charge in [0.1, 0.15) is 0 Å². The van der Waals surface area contributed by atoms with Crippen LogP contribution in [0.25, 0.3) is 5.65 Å². The van der Waals surface area contributed by atoms with Gasteiger partial charge in [0.2, 0.25) is 5.28 Å². The smallest absolute Gasteiger partial charge is 0.243 e. The Labute approximate surface area is 71.8 Å². The maximum atomic E-state index is 5.71. The van der Waals surface area contributed by atoms with Crippen molar-refractivity contribution in [3.8, 4) is 0 Å². The highest BCUT2D eigenvalue weighted by Crippen LogP contribution is 2.10. The van der Waals surface area contributed by atoms with Gasteiger partial charge >= 0.3 is 0 Å². The summed E-state index contributed by atoms with van der Waals surface area (Å²) in [6, 6.07) is 0. The van der Waals surface area contributed by atoms with Crippen molar-refractivity contribution >= 4 is 28.8 Å². The summed E-state index contributed by atoms with van der Waals surface area (Å²) in [5.74, 6) is 0. The summed E-state index contributed by atoms with van der Waals surface area (Å²) in [6.07, 6.45) is 3.00. The highest BCUT2D eigenvalue weighted by molar-refractivity contribution is 6.30. The van der Waals surface area contributed by atoms with E-state index < -0.39 is 0 Å². The summed E-state index contributed by atoms with van der Waals surface area (Å²) >= 11 is 11.2. The van der Waals surface area contributed by atoms with E-state index in [1.807, 2.05) is 0 Å². The first-order chi connectivity index (χ1) is 5.27. The van der Waals surface area contributed by atoms with Crippen molar-refractivity contribution in [2.45, 2.75) is 0 Å². The fourth-order valence-electron chi connectivity index (χ4n) is 0.759. The number of halogens is 2. The molecular weight excluding hydrogens is 187 g/mol. The zero-order valence-electron chi connectivity index (χ0n) is 5.20. The predicted molar refractivity (Wildman–Crippen MR) is 40.8 cm³/mol. The van der Waals surface area contributed by atoms with Crippen LogP contribution >= 0.6 is 23.2 Å². The van der Waals surface area contributed by atoms with Crippen LogP contribution in [0.2, 0.25) is 10.4 Å². The van der Waals surface area contributed by atoms with Crippen LogP contribution in [-0.4, -0.2) is 19.6 Å². The molecule has 0 saturated heterocycles. The van der Waals surface area contributed by atoms with Crippen molar-refractivity contribution in [1.29, 1.82) is 0 Å². The number of nitrogens with zero attached hydrogens (tertiary/aromatic N) is 4. The Bertz CT molecular complexity index is 396. The minimum Gasteiger partial charge on any atom is -0.258 e. The number of rotatable bonds is 0. The van der Waals surface area contributed by atoms with Crippen molar-refractivity contribution < 1.29 is 0 Å². The molecule has 0 bridgehead atoms. The molecule has 0 aliphatic rings. The molecule has 6 heteroatoms. The lowest BCUT2D eigenvalue weighted by Crippen LogP contribution is -1.89. The van der Waals surface area contributed by atoms with Gasteiger partial charge in [0.05, 0.1) is 12.4 Å². The highest BCUT2D eigenvalue weighted by atomic mass is 35.5. The molecule has 2 aromatic heterocycles. The van der Waals surface area contributed by atoms with E-state index in [2.05, 4.69) is 15.1 Å². The van der Waals surface area contributed by atoms with Gasteiger partial charge in [-0.3, -0.25) is 4.98 Å². The molecule has 0 aliphatic heterocycles. The van der Waals surface area contributed by atoms with Gasteiger partial charge in [-0.1, -0.05) is 11.6 Å². The number of hydrogen-bond acceptors (Lipinski definition) is 3. The molecule has 0 amide bonds. The third kappa shape index (κ3) is 1.04. The fraction of sp³-hybridized carbons (Fsp3) is 0. The maximum Gasteiger partial charge on any atom is 0.243 e. The molecular formula is C5H2Cl2N4. The number of hydrogen-bond donors (Lipinski definition) is 0. The molecule has 0 atom stereocenters. The topological polar surface area (TPSA) is 43.1 Å². The summed E-state index contributed by atoms with van der Waals surface area (Å²) in [4.78, 5) is 7.66. The molecule has 0 radical (unpaired) electrons. The Hall–Kier alpha value is -0.870. The van der Waals surface area contributed by atoms with Crippen molar-refractivity contribution in [3.05, 3.63) is 22.8 Å². The lowest BCUT2D eigenvalue weighted by atomic mass is 10.7. The summed E-state index contributed by atoms with van der Waals surface area (Å²) in [7, 11) is 0. The first kappa shape index (κ1) is 6.82. The Morgan fingerprint density at radius 2 is 2.09 bits per heavy atom. The molecule has 56 valence electrons. The van der Waals surface area contributed by atoms with Gasteiger partial charge in [-0.05, 0) is 11.6 Å². The minimum absolute atomic E-state index is 0.167. The van der Waals surface area contributed by atoms with Crippen molar-refractivity contribution in [2.75, 3.05) is 0 Å². The Balaban J connectivity index is 2.90. The van der Waals surface area contributed by atoms with Gasteiger partial charge < -0.3 is 0 Å². The Kier molecular flexibility index (Phi) is 1.44. The second-order valence-electron chi connectivity index (χ2n) is 1.88. The monoisotopic (exact) mass is 188 g/mol. The summed E-state index contributed by atoms with van der Waals surface area (Å²) in [5, 5.41) is 4.37. The quantitative estimate of drug-likeness (QED) is 0.629. The van der Waals surface area contributed by atoms with E-state index in [0.29, 0.717) is 10.8 Å². The molecule has 2 heterocycles. The zero-order chi connectivity index (χ0) is 7.84. The average molecular weight is 189 g/mol. The maximum absolute atomic E-state index is 5.71. The molecule has 0 aliphatic carbocycles. The van der Waals surface area contributed by atoms with Gasteiger partial charge in [-0.25, -0.2) is 0 Å². The molecule has 0 aromatic carbocycles. The van der Waals surface area contributed by atoms with Crippen LogP contribution in [0, 0.1) is 0 Å². The predicted octanol–water partition coefficient (Wildman–Crippen LogP) is 1.43. The van der Waals surface area contributed by atoms with E-state index in [9.17, 15) is 0 Å². The summed E-state index contributed by atoms with van der Waals surface area (Å²) in [5.41, 5.74) is 0.544. The van der Waals surface area contributed by atoms with Gasteiger partial charge in [0, 0.05) is 0 Å². The van der Waals surface area contributed by atoms with Crippen LogP contribution in [0.4, 0.5) is 0 Å². The number of aromatic nitrogens is 4. The van der Waals surface area contributed by atoms with Gasteiger partial charge in [-0.2, -0.15) is 9.50 Å². The zero-order valence-corrected chi connectivity index (χ0v) is 6.71. The van der Waals surface area contributed by atoms with Crippen LogP contribution in [-0.2, 0) is 0 Å². The van der Waals surface area contributed by atoms with Crippen LogP contribution in [0.3, 0.4) is 0 Å². The van der Waals surface area contributed by atoms with Crippen molar-refractivity contribution in [3.63, 3.8) is 0 Å². The van der Waals surface area contributed by atoms with Gasteiger partial charge in [0.15, 0.2) is 10.8 Å². The fourth-order valence-corrected chi connectivity index (χ4v) is 1.10. The molecule has 2 aromatic rings. The second kappa shape index (κ2) is 2.32. The van der Waals surface area contributed by atoms with E-state index in [4.69, 9.17) is 23.2 Å². The Morgan fingerprint density at radius 1 is 1.27 bits per heavy atom. The molecule has 0 saturated carbocycles. The summed E-state index contributed by atoms with van der Waals surface area (Å²) in [6.45, 7) is 0. The lowest BCUT2D eigenvalue weighted by molar-refractivity contribution is 0.947. The largest absolute Gasteiger partial charge is 0.258 e. The van der Waals surface area contributed by atoms with E-state index in [0.717, 1.165) is 0 Å². The Morgan fingerprint density at radius 3 is 2.82 bits per heavy atom. The third-order valence-corrected chi connectivity index (χ3v) is 1.60. The minimum atomic E-state index is 0.167. The molecule has 4 nitrogen and oxygen atoms in total. The standard InChI is InChI=1S/C5H2Cl2N4/c6-3-1-8-2-4-9-5(7)10-11(3)4/h1-2H. The molecule has 11 heavy (non-hydrogen) atoms.